The molecule has 10 atom stereocenters. The van der Waals surface area contributed by atoms with Crippen molar-refractivity contribution in [2.45, 2.75) is 150 Å². The molecule has 1 aliphatic heterocycles. The third kappa shape index (κ3) is 8.59. The van der Waals surface area contributed by atoms with Gasteiger partial charge in [-0.25, -0.2) is 4.79 Å². The number of nitrogens with zero attached hydrogens (tertiary/aromatic N) is 1. The number of hydrogen-bond acceptors (Lipinski definition) is 6. The summed E-state index contributed by atoms with van der Waals surface area (Å²) in [6.07, 6.45) is 17.5. The van der Waals surface area contributed by atoms with Crippen LogP contribution in [0.5, 0.6) is 0 Å². The van der Waals surface area contributed by atoms with Crippen LogP contribution in [0.2, 0.25) is 0 Å². The van der Waals surface area contributed by atoms with Gasteiger partial charge < -0.3 is 24.8 Å². The second kappa shape index (κ2) is 16.6. The Labute approximate surface area is 296 Å². The zero-order valence-corrected chi connectivity index (χ0v) is 31.6. The molecule has 0 spiro atoms. The van der Waals surface area contributed by atoms with Gasteiger partial charge in [0.05, 0.1) is 12.5 Å². The van der Waals surface area contributed by atoms with E-state index in [-0.39, 0.29) is 42.4 Å². The predicted octanol–water partition coefficient (Wildman–Crippen LogP) is 8.07. The average Bonchev–Trinajstić information content (AvgIpc) is 3.62. The Morgan fingerprint density at radius 1 is 1.02 bits per heavy atom. The SMILES string of the molecule is CCOC(O)C1CN(C(=O)CCCCCNC(=O)O[C@H]2CC[C@@]3(C)C(=CCC4C5CCC(C(C)CCCC(C)C)[C@@]5(C)CCC43)C2)CC1=O. The van der Waals surface area contributed by atoms with E-state index in [9.17, 15) is 19.5 Å². The summed E-state index contributed by atoms with van der Waals surface area (Å²) in [6, 6.07) is 0. The topological polar surface area (TPSA) is 105 Å². The maximum absolute atomic E-state index is 12.7. The van der Waals surface area contributed by atoms with Crippen molar-refractivity contribution in [1.82, 2.24) is 10.2 Å². The molecule has 8 nitrogen and oxygen atoms in total. The minimum Gasteiger partial charge on any atom is -0.446 e. The third-order valence-corrected chi connectivity index (χ3v) is 14.1. The maximum Gasteiger partial charge on any atom is 0.407 e. The average molecular weight is 685 g/mol. The van der Waals surface area contributed by atoms with Crippen LogP contribution < -0.4 is 5.32 Å². The molecule has 2 amide bonds. The Kier molecular flexibility index (Phi) is 13.0. The highest BCUT2D eigenvalue weighted by Gasteiger charge is 2.59. The maximum atomic E-state index is 12.7. The van der Waals surface area contributed by atoms with E-state index in [1.54, 1.807) is 12.5 Å². The van der Waals surface area contributed by atoms with Crippen LogP contribution in [0.15, 0.2) is 11.6 Å². The first-order chi connectivity index (χ1) is 23.4. The Balaban J connectivity index is 1.01. The number of nitrogens with one attached hydrogen (secondary N) is 1. The number of likely N-dealkylation sites (tertiary alicyclic amines) is 1. The number of ketones is 1. The van der Waals surface area contributed by atoms with Gasteiger partial charge in [0, 0.05) is 32.5 Å². The number of carbonyl (C=O) groups excluding carboxylic acids is 3. The van der Waals surface area contributed by atoms with Crippen molar-refractivity contribution in [3.8, 4) is 0 Å². The molecule has 4 aliphatic carbocycles. The van der Waals surface area contributed by atoms with Crippen molar-refractivity contribution in [2.75, 3.05) is 26.2 Å². The molecule has 1 heterocycles. The van der Waals surface area contributed by atoms with Crippen molar-refractivity contribution in [3.05, 3.63) is 11.6 Å². The molecule has 5 aliphatic rings. The van der Waals surface area contributed by atoms with Crippen LogP contribution in [0.4, 0.5) is 4.79 Å². The number of rotatable bonds is 15. The molecule has 0 bridgehead atoms. The van der Waals surface area contributed by atoms with Gasteiger partial charge in [0.25, 0.3) is 0 Å². The van der Waals surface area contributed by atoms with Crippen LogP contribution in [0.3, 0.4) is 0 Å². The number of ether oxygens (including phenoxy) is 2. The zero-order valence-electron chi connectivity index (χ0n) is 31.6. The van der Waals surface area contributed by atoms with E-state index in [1.165, 1.54) is 56.3 Å². The minimum absolute atomic E-state index is 0.0397. The van der Waals surface area contributed by atoms with Gasteiger partial charge in [-0.15, -0.1) is 0 Å². The number of aliphatic hydroxyl groups is 1. The Morgan fingerprint density at radius 2 is 1.82 bits per heavy atom. The summed E-state index contributed by atoms with van der Waals surface area (Å²) in [5, 5.41) is 12.9. The summed E-state index contributed by atoms with van der Waals surface area (Å²) >= 11 is 0. The van der Waals surface area contributed by atoms with Crippen molar-refractivity contribution in [2.24, 2.45) is 52.3 Å². The van der Waals surface area contributed by atoms with Gasteiger partial charge in [0.1, 0.15) is 6.10 Å². The molecule has 1 saturated heterocycles. The molecule has 7 unspecified atom stereocenters. The first-order valence-corrected chi connectivity index (χ1v) is 20.1. The van der Waals surface area contributed by atoms with E-state index in [2.05, 4.69) is 46.0 Å². The van der Waals surface area contributed by atoms with Crippen LogP contribution in [-0.4, -0.2) is 66.4 Å². The summed E-state index contributed by atoms with van der Waals surface area (Å²) in [5.41, 5.74) is 2.28. The largest absolute Gasteiger partial charge is 0.446 e. The van der Waals surface area contributed by atoms with Gasteiger partial charge >= 0.3 is 6.09 Å². The van der Waals surface area contributed by atoms with E-state index < -0.39 is 12.2 Å². The first-order valence-electron chi connectivity index (χ1n) is 20.1. The number of alkyl carbamates (subject to hydrolysis) is 1. The summed E-state index contributed by atoms with van der Waals surface area (Å²) in [4.78, 5) is 39.0. The lowest BCUT2D eigenvalue weighted by Gasteiger charge is -2.58. The van der Waals surface area contributed by atoms with Gasteiger partial charge in [0.15, 0.2) is 12.1 Å². The molecular formula is C41H68N2O6. The number of amides is 2. The standard InChI is InChI=1S/C41H68N2O6/c1-7-48-38(46)32-25-43(26-36(32)44)37(45)14-9-8-10-23-42-39(47)49-30-19-21-40(5)29(24-30)15-16-31-34-18-17-33(28(4)13-11-12-27(2)3)41(34,6)22-20-35(31)40/h15,27-28,30-35,38,46H,7-14,16-26H2,1-6H3,(H,42,47)/t28?,30-,31?,32?,33?,34?,35?,38?,40-,41+/m0/s1. The number of hydrogen-bond donors (Lipinski definition) is 2. The van der Waals surface area contributed by atoms with Crippen molar-refractivity contribution >= 4 is 17.8 Å². The number of fused-ring (bicyclic) bond motifs is 5. The fourth-order valence-electron chi connectivity index (χ4n) is 11.3. The Bertz CT molecular complexity index is 1190. The second-order valence-corrected chi connectivity index (χ2v) is 17.5. The van der Waals surface area contributed by atoms with Crippen LogP contribution in [0.1, 0.15) is 138 Å². The monoisotopic (exact) mass is 685 g/mol. The highest BCUT2D eigenvalue weighted by Crippen LogP contribution is 2.67. The molecule has 49 heavy (non-hydrogen) atoms. The fourth-order valence-corrected chi connectivity index (χ4v) is 11.3. The molecule has 8 heteroatoms. The van der Waals surface area contributed by atoms with Crippen molar-refractivity contribution in [1.29, 1.82) is 0 Å². The lowest BCUT2D eigenvalue weighted by atomic mass is 9.47. The molecule has 3 saturated carbocycles. The zero-order chi connectivity index (χ0) is 35.3. The van der Waals surface area contributed by atoms with Gasteiger partial charge in [0.2, 0.25) is 5.91 Å². The van der Waals surface area contributed by atoms with E-state index in [1.807, 2.05) is 0 Å². The van der Waals surface area contributed by atoms with Gasteiger partial charge in [-0.3, -0.25) is 9.59 Å². The highest BCUT2D eigenvalue weighted by atomic mass is 16.6. The fraction of sp³-hybridized carbons (Fsp3) is 0.878. The molecule has 0 radical (unpaired) electrons. The van der Waals surface area contributed by atoms with E-state index >= 15 is 0 Å². The number of carbonyl (C=O) groups is 3. The molecule has 0 aromatic rings. The van der Waals surface area contributed by atoms with Crippen LogP contribution in [-0.2, 0) is 19.1 Å². The summed E-state index contributed by atoms with van der Waals surface area (Å²) in [5.74, 6) is 4.06. The third-order valence-electron chi connectivity index (χ3n) is 14.1. The summed E-state index contributed by atoms with van der Waals surface area (Å²) < 4.78 is 11.1. The van der Waals surface area contributed by atoms with Gasteiger partial charge in [-0.2, -0.15) is 0 Å². The molecule has 278 valence electrons. The smallest absolute Gasteiger partial charge is 0.407 e. The molecule has 5 rings (SSSR count). The van der Waals surface area contributed by atoms with Gasteiger partial charge in [-0.05, 0) is 111 Å². The van der Waals surface area contributed by atoms with E-state index in [4.69, 9.17) is 9.47 Å². The molecule has 0 aromatic heterocycles. The van der Waals surface area contributed by atoms with Gasteiger partial charge in [-0.1, -0.05) is 72.0 Å². The number of unbranched alkanes of at least 4 members (excludes halogenated alkanes) is 2. The highest BCUT2D eigenvalue weighted by molar-refractivity contribution is 5.91. The lowest BCUT2D eigenvalue weighted by molar-refractivity contribution is -0.147. The second-order valence-electron chi connectivity index (χ2n) is 17.5. The van der Waals surface area contributed by atoms with Crippen LogP contribution in [0.25, 0.3) is 0 Å². The number of aliphatic hydroxyl groups excluding tert-OH is 1. The molecule has 2 N–H and O–H groups in total. The first kappa shape index (κ1) is 38.3. The van der Waals surface area contributed by atoms with Crippen molar-refractivity contribution < 1.29 is 29.0 Å². The van der Waals surface area contributed by atoms with E-state index in [0.29, 0.717) is 31.4 Å². The normalized spacial score (nSPS) is 35.3. The minimum atomic E-state index is -1.15. The lowest BCUT2D eigenvalue weighted by Crippen LogP contribution is -2.51. The van der Waals surface area contributed by atoms with Crippen LogP contribution in [0, 0.1) is 52.3 Å². The molecule has 0 aromatic carbocycles. The Morgan fingerprint density at radius 3 is 2.57 bits per heavy atom. The Hall–Kier alpha value is -1.93. The summed E-state index contributed by atoms with van der Waals surface area (Å²) in [6.45, 7) is 15.3. The number of allylic oxidation sites excluding steroid dienone is 1. The molecular weight excluding hydrogens is 616 g/mol. The van der Waals surface area contributed by atoms with Crippen LogP contribution >= 0.6 is 0 Å². The predicted molar refractivity (Wildman–Crippen MR) is 192 cm³/mol. The van der Waals surface area contributed by atoms with E-state index in [0.717, 1.165) is 67.6 Å². The summed E-state index contributed by atoms with van der Waals surface area (Å²) in [7, 11) is 0. The number of Topliss-reactive ketones (excluding diaryl/α,β-unsaturated/α-hetero) is 1. The molecule has 4 fully saturated rings. The van der Waals surface area contributed by atoms with Crippen molar-refractivity contribution in [3.63, 3.8) is 0 Å². The quantitative estimate of drug-likeness (QED) is 0.103.